The molecule has 2 aromatic heterocycles. The fraction of sp³-hybridized carbons (Fsp3) is 0.300. The maximum atomic E-state index is 4.16. The van der Waals surface area contributed by atoms with Gasteiger partial charge in [-0.05, 0) is 6.07 Å². The van der Waals surface area contributed by atoms with Crippen molar-refractivity contribution >= 4 is 16.9 Å². The molecule has 4 heteroatoms. The Labute approximate surface area is 83.4 Å². The molecule has 0 fully saturated rings. The van der Waals surface area contributed by atoms with Crippen LogP contribution in [0.3, 0.4) is 0 Å². The summed E-state index contributed by atoms with van der Waals surface area (Å²) in [5.74, 6) is 0. The van der Waals surface area contributed by atoms with Gasteiger partial charge in [-0.2, -0.15) is 0 Å². The second-order valence-electron chi connectivity index (χ2n) is 2.34. The fourth-order valence-electron chi connectivity index (χ4n) is 1.08. The smallest absolute Gasteiger partial charge is 0.180 e. The summed E-state index contributed by atoms with van der Waals surface area (Å²) in [4.78, 5) is 12.3. The van der Waals surface area contributed by atoms with Crippen molar-refractivity contribution in [3.63, 3.8) is 0 Å². The molecule has 0 atom stereocenters. The number of aromatic nitrogens is 3. The monoisotopic (exact) mass is 190 g/mol. The van der Waals surface area contributed by atoms with Crippen molar-refractivity contribution in [3.8, 4) is 0 Å². The molecule has 2 rings (SSSR count). The summed E-state index contributed by atoms with van der Waals surface area (Å²) in [7, 11) is 1.85. The van der Waals surface area contributed by atoms with Crippen molar-refractivity contribution < 1.29 is 0 Å². The van der Waals surface area contributed by atoms with E-state index in [1.54, 1.807) is 18.6 Å². The van der Waals surface area contributed by atoms with Gasteiger partial charge in [0.05, 0.1) is 5.69 Å². The first-order valence-corrected chi connectivity index (χ1v) is 4.65. The first-order valence-electron chi connectivity index (χ1n) is 4.65. The van der Waals surface area contributed by atoms with Crippen LogP contribution in [0, 0.1) is 0 Å². The Kier molecular flexibility index (Phi) is 3.79. The van der Waals surface area contributed by atoms with E-state index in [1.807, 2.05) is 27.0 Å². The first-order chi connectivity index (χ1) is 6.92. The maximum absolute atomic E-state index is 4.16. The highest BCUT2D eigenvalue weighted by Crippen LogP contribution is 2.15. The maximum Gasteiger partial charge on any atom is 0.180 e. The third-order valence-corrected chi connectivity index (χ3v) is 1.64. The van der Waals surface area contributed by atoms with E-state index in [9.17, 15) is 0 Å². The Hall–Kier alpha value is -1.71. The van der Waals surface area contributed by atoms with Crippen LogP contribution in [0.25, 0.3) is 11.2 Å². The van der Waals surface area contributed by atoms with Crippen molar-refractivity contribution in [2.45, 2.75) is 13.8 Å². The molecule has 0 aliphatic heterocycles. The van der Waals surface area contributed by atoms with Gasteiger partial charge in [-0.15, -0.1) is 0 Å². The molecule has 0 bridgehead atoms. The Morgan fingerprint density at radius 3 is 2.36 bits per heavy atom. The minimum atomic E-state index is 0.671. The number of anilines is 1. The fourth-order valence-corrected chi connectivity index (χ4v) is 1.08. The van der Waals surface area contributed by atoms with Gasteiger partial charge in [0.2, 0.25) is 0 Å². The molecule has 0 saturated heterocycles. The molecular weight excluding hydrogens is 176 g/mol. The molecule has 0 aliphatic carbocycles. The van der Waals surface area contributed by atoms with Crippen molar-refractivity contribution in [2.75, 3.05) is 12.4 Å². The summed E-state index contributed by atoms with van der Waals surface area (Å²) >= 11 is 0. The van der Waals surface area contributed by atoms with Crippen LogP contribution >= 0.6 is 0 Å². The van der Waals surface area contributed by atoms with Gasteiger partial charge in [0.25, 0.3) is 0 Å². The molecule has 0 amide bonds. The predicted molar refractivity (Wildman–Crippen MR) is 58.2 cm³/mol. The Morgan fingerprint density at radius 1 is 1.00 bits per heavy atom. The van der Waals surface area contributed by atoms with Gasteiger partial charge in [0, 0.05) is 25.6 Å². The van der Waals surface area contributed by atoms with Crippen LogP contribution in [0.2, 0.25) is 0 Å². The number of nitrogens with zero attached hydrogens (tertiary/aromatic N) is 3. The van der Waals surface area contributed by atoms with Crippen LogP contribution in [-0.4, -0.2) is 22.0 Å². The third-order valence-electron chi connectivity index (χ3n) is 1.64. The Bertz CT molecular complexity index is 395. The minimum absolute atomic E-state index is 0.671. The summed E-state index contributed by atoms with van der Waals surface area (Å²) in [6.45, 7) is 4.00. The van der Waals surface area contributed by atoms with Crippen LogP contribution in [0.1, 0.15) is 13.8 Å². The molecule has 2 heterocycles. The standard InChI is InChI=1S/C8H8N4.C2H6/c1-9-6-2-3-11-8-7(6)10-4-5-12-8;1-2/h2-5H,1H3,(H,9,11,12);1-2H3. The molecule has 0 saturated carbocycles. The number of fused-ring (bicyclic) bond motifs is 1. The summed E-state index contributed by atoms with van der Waals surface area (Å²) in [5.41, 5.74) is 2.43. The van der Waals surface area contributed by atoms with Gasteiger partial charge >= 0.3 is 0 Å². The molecule has 0 unspecified atom stereocenters. The zero-order valence-corrected chi connectivity index (χ0v) is 8.65. The Balaban J connectivity index is 0.000000461. The quantitative estimate of drug-likeness (QED) is 0.748. The number of pyridine rings is 1. The highest BCUT2D eigenvalue weighted by molar-refractivity contribution is 5.83. The molecule has 0 spiro atoms. The van der Waals surface area contributed by atoms with Gasteiger partial charge in [-0.25, -0.2) is 15.0 Å². The van der Waals surface area contributed by atoms with E-state index >= 15 is 0 Å². The molecule has 74 valence electrons. The zero-order valence-electron chi connectivity index (χ0n) is 8.65. The second kappa shape index (κ2) is 5.11. The molecular formula is C10H14N4. The normalized spacial score (nSPS) is 9.07. The highest BCUT2D eigenvalue weighted by Gasteiger charge is 1.99. The molecule has 0 aliphatic rings. The van der Waals surface area contributed by atoms with Gasteiger partial charge < -0.3 is 5.32 Å². The Morgan fingerprint density at radius 2 is 1.64 bits per heavy atom. The van der Waals surface area contributed by atoms with Crippen LogP contribution in [0.15, 0.2) is 24.7 Å². The first kappa shape index (κ1) is 10.4. The van der Waals surface area contributed by atoms with Gasteiger partial charge in [0.1, 0.15) is 5.52 Å². The van der Waals surface area contributed by atoms with E-state index in [2.05, 4.69) is 20.3 Å². The summed E-state index contributed by atoms with van der Waals surface area (Å²) < 4.78 is 0. The molecule has 4 nitrogen and oxygen atoms in total. The van der Waals surface area contributed by atoms with Crippen molar-refractivity contribution in [1.82, 2.24) is 15.0 Å². The van der Waals surface area contributed by atoms with E-state index in [0.29, 0.717) is 5.65 Å². The molecule has 0 radical (unpaired) electrons. The average molecular weight is 190 g/mol. The van der Waals surface area contributed by atoms with Crippen molar-refractivity contribution in [3.05, 3.63) is 24.7 Å². The SMILES string of the molecule is CC.CNc1ccnc2nccnc12. The molecule has 1 N–H and O–H groups in total. The third kappa shape index (κ3) is 1.96. The molecule has 0 aromatic carbocycles. The lowest BCUT2D eigenvalue weighted by atomic mass is 10.3. The minimum Gasteiger partial charge on any atom is -0.386 e. The summed E-state index contributed by atoms with van der Waals surface area (Å²) in [5, 5.41) is 3.03. The molecule has 14 heavy (non-hydrogen) atoms. The lowest BCUT2D eigenvalue weighted by Crippen LogP contribution is -1.93. The number of hydrogen-bond donors (Lipinski definition) is 1. The van der Waals surface area contributed by atoms with Crippen LogP contribution in [-0.2, 0) is 0 Å². The van der Waals surface area contributed by atoms with Gasteiger partial charge in [-0.3, -0.25) is 0 Å². The van der Waals surface area contributed by atoms with Crippen LogP contribution in [0.4, 0.5) is 5.69 Å². The van der Waals surface area contributed by atoms with Crippen molar-refractivity contribution in [1.29, 1.82) is 0 Å². The predicted octanol–water partition coefficient (Wildman–Crippen LogP) is 2.09. The topological polar surface area (TPSA) is 50.7 Å². The number of hydrogen-bond acceptors (Lipinski definition) is 4. The van der Waals surface area contributed by atoms with Crippen LogP contribution in [0.5, 0.6) is 0 Å². The highest BCUT2D eigenvalue weighted by atomic mass is 14.9. The van der Waals surface area contributed by atoms with E-state index < -0.39 is 0 Å². The van der Waals surface area contributed by atoms with E-state index in [-0.39, 0.29) is 0 Å². The average Bonchev–Trinajstić information content (AvgIpc) is 2.31. The van der Waals surface area contributed by atoms with Crippen LogP contribution < -0.4 is 5.32 Å². The van der Waals surface area contributed by atoms with Gasteiger partial charge in [0.15, 0.2) is 5.65 Å². The van der Waals surface area contributed by atoms with E-state index in [4.69, 9.17) is 0 Å². The zero-order chi connectivity index (χ0) is 10.4. The summed E-state index contributed by atoms with van der Waals surface area (Å²) in [6.07, 6.45) is 5.00. The molecule has 2 aromatic rings. The lowest BCUT2D eigenvalue weighted by molar-refractivity contribution is 1.22. The second-order valence-corrected chi connectivity index (χ2v) is 2.34. The lowest BCUT2D eigenvalue weighted by Gasteiger charge is -2.01. The van der Waals surface area contributed by atoms with E-state index in [1.165, 1.54) is 0 Å². The summed E-state index contributed by atoms with van der Waals surface area (Å²) in [6, 6.07) is 1.87. The van der Waals surface area contributed by atoms with E-state index in [0.717, 1.165) is 11.2 Å². The van der Waals surface area contributed by atoms with Crippen molar-refractivity contribution in [2.24, 2.45) is 0 Å². The number of rotatable bonds is 1. The number of nitrogens with one attached hydrogen (secondary N) is 1. The largest absolute Gasteiger partial charge is 0.386 e. The van der Waals surface area contributed by atoms with Gasteiger partial charge in [-0.1, -0.05) is 13.8 Å².